The van der Waals surface area contributed by atoms with E-state index in [9.17, 15) is 0 Å². The molecule has 11 heavy (non-hydrogen) atoms. The number of nitrogens with zero attached hydrogens (tertiary/aromatic N) is 1. The fraction of sp³-hybridized carbons (Fsp3) is 0.778. The summed E-state index contributed by atoms with van der Waals surface area (Å²) in [6.45, 7) is 1.20. The minimum atomic E-state index is 0.431. The second-order valence-electron chi connectivity index (χ2n) is 3.69. The van der Waals surface area contributed by atoms with E-state index in [1.54, 1.807) is 0 Å². The maximum absolute atomic E-state index is 6.01. The molecular formula is C9H16N2. The van der Waals surface area contributed by atoms with Gasteiger partial charge in [0.1, 0.15) is 0 Å². The monoisotopic (exact) mass is 152 g/mol. The van der Waals surface area contributed by atoms with E-state index < -0.39 is 0 Å². The third kappa shape index (κ3) is 1.06. The van der Waals surface area contributed by atoms with Crippen molar-refractivity contribution in [2.75, 3.05) is 13.6 Å². The molecule has 2 rings (SSSR count). The highest BCUT2D eigenvalue weighted by Crippen LogP contribution is 2.33. The Kier molecular flexibility index (Phi) is 1.64. The highest BCUT2D eigenvalue weighted by molar-refractivity contribution is 5.16. The molecule has 2 heteroatoms. The van der Waals surface area contributed by atoms with Crippen LogP contribution in [0.3, 0.4) is 0 Å². The quantitative estimate of drug-likeness (QED) is 0.560. The van der Waals surface area contributed by atoms with E-state index in [2.05, 4.69) is 18.0 Å². The Balaban J connectivity index is 2.21. The molecule has 62 valence electrons. The van der Waals surface area contributed by atoms with Crippen molar-refractivity contribution in [2.24, 2.45) is 11.7 Å². The summed E-state index contributed by atoms with van der Waals surface area (Å²) in [5, 5.41) is 0. The smallest absolute Gasteiger partial charge is 0.0178 e. The molecular weight excluding hydrogens is 136 g/mol. The van der Waals surface area contributed by atoms with Crippen molar-refractivity contribution in [2.45, 2.75) is 25.3 Å². The average molecular weight is 152 g/mol. The van der Waals surface area contributed by atoms with E-state index in [-0.39, 0.29) is 0 Å². The molecule has 0 radical (unpaired) electrons. The Morgan fingerprint density at radius 1 is 1.55 bits per heavy atom. The minimum absolute atomic E-state index is 0.431. The van der Waals surface area contributed by atoms with Gasteiger partial charge in [0, 0.05) is 31.2 Å². The van der Waals surface area contributed by atoms with Gasteiger partial charge in [-0.15, -0.1) is 0 Å². The maximum atomic E-state index is 6.01. The van der Waals surface area contributed by atoms with E-state index in [1.807, 2.05) is 0 Å². The molecule has 0 bridgehead atoms. The van der Waals surface area contributed by atoms with Gasteiger partial charge in [-0.2, -0.15) is 0 Å². The van der Waals surface area contributed by atoms with Crippen LogP contribution >= 0.6 is 0 Å². The summed E-state index contributed by atoms with van der Waals surface area (Å²) >= 11 is 0. The van der Waals surface area contributed by atoms with Crippen LogP contribution in [0.4, 0.5) is 0 Å². The predicted molar refractivity (Wildman–Crippen MR) is 46.0 cm³/mol. The number of rotatable bonds is 0. The molecule has 1 aliphatic heterocycles. The van der Waals surface area contributed by atoms with Crippen molar-refractivity contribution in [1.82, 2.24) is 4.90 Å². The van der Waals surface area contributed by atoms with Crippen LogP contribution in [0.25, 0.3) is 0 Å². The normalized spacial score (nSPS) is 36.9. The van der Waals surface area contributed by atoms with Crippen molar-refractivity contribution >= 4 is 0 Å². The number of hydrogen-bond acceptors (Lipinski definition) is 2. The van der Waals surface area contributed by atoms with Crippen LogP contribution in [0.1, 0.15) is 19.3 Å². The summed E-state index contributed by atoms with van der Waals surface area (Å²) in [4.78, 5) is 2.35. The van der Waals surface area contributed by atoms with Crippen LogP contribution in [0.2, 0.25) is 0 Å². The number of fused-ring (bicyclic) bond motifs is 1. The Morgan fingerprint density at radius 2 is 2.36 bits per heavy atom. The lowest BCUT2D eigenvalue weighted by atomic mass is 9.88. The van der Waals surface area contributed by atoms with E-state index in [0.717, 1.165) is 0 Å². The summed E-state index contributed by atoms with van der Waals surface area (Å²) < 4.78 is 0. The van der Waals surface area contributed by atoms with E-state index >= 15 is 0 Å². The molecule has 1 saturated heterocycles. The molecule has 2 aliphatic rings. The zero-order valence-electron chi connectivity index (χ0n) is 7.09. The molecule has 0 aromatic heterocycles. The van der Waals surface area contributed by atoms with Crippen molar-refractivity contribution in [3.8, 4) is 0 Å². The van der Waals surface area contributed by atoms with Gasteiger partial charge in [-0.05, 0) is 19.3 Å². The topological polar surface area (TPSA) is 29.3 Å². The molecule has 2 atom stereocenters. The van der Waals surface area contributed by atoms with Crippen molar-refractivity contribution in [3.63, 3.8) is 0 Å². The molecule has 1 aliphatic carbocycles. The van der Waals surface area contributed by atoms with Gasteiger partial charge >= 0.3 is 0 Å². The highest BCUT2D eigenvalue weighted by Gasteiger charge is 2.31. The largest absolute Gasteiger partial charge is 0.378 e. The molecule has 1 heterocycles. The van der Waals surface area contributed by atoms with Crippen LogP contribution in [-0.2, 0) is 0 Å². The second kappa shape index (κ2) is 2.52. The lowest BCUT2D eigenvalue weighted by Gasteiger charge is -2.26. The lowest BCUT2D eigenvalue weighted by molar-refractivity contribution is 0.417. The van der Waals surface area contributed by atoms with Crippen LogP contribution in [-0.4, -0.2) is 24.5 Å². The summed E-state index contributed by atoms with van der Waals surface area (Å²) in [7, 11) is 2.17. The first kappa shape index (κ1) is 7.17. The van der Waals surface area contributed by atoms with Gasteiger partial charge in [0.15, 0.2) is 0 Å². The summed E-state index contributed by atoms with van der Waals surface area (Å²) in [6.07, 6.45) is 5.99. The van der Waals surface area contributed by atoms with E-state index in [4.69, 9.17) is 5.73 Å². The molecule has 0 aromatic rings. The van der Waals surface area contributed by atoms with Gasteiger partial charge in [-0.3, -0.25) is 0 Å². The Hall–Kier alpha value is -0.500. The Morgan fingerprint density at radius 3 is 3.09 bits per heavy atom. The zero-order valence-corrected chi connectivity index (χ0v) is 7.09. The third-order valence-electron chi connectivity index (χ3n) is 2.97. The van der Waals surface area contributed by atoms with Crippen LogP contribution in [0, 0.1) is 5.92 Å². The molecule has 0 saturated carbocycles. The van der Waals surface area contributed by atoms with E-state index in [1.165, 1.54) is 31.5 Å². The molecule has 1 fully saturated rings. The van der Waals surface area contributed by atoms with Crippen molar-refractivity contribution < 1.29 is 0 Å². The Labute approximate surface area is 68.1 Å². The SMILES string of the molecule is CN1CCC2C1=CCCC2N. The van der Waals surface area contributed by atoms with Crippen LogP contribution in [0.5, 0.6) is 0 Å². The number of likely N-dealkylation sites (tertiary alicyclic amines) is 1. The van der Waals surface area contributed by atoms with Crippen LogP contribution < -0.4 is 5.73 Å². The summed E-state index contributed by atoms with van der Waals surface area (Å²) in [6, 6.07) is 0.431. The fourth-order valence-electron chi connectivity index (χ4n) is 2.26. The third-order valence-corrected chi connectivity index (χ3v) is 2.97. The first-order valence-electron chi connectivity index (χ1n) is 4.46. The Bertz CT molecular complexity index is 186. The minimum Gasteiger partial charge on any atom is -0.378 e. The average Bonchev–Trinajstić information content (AvgIpc) is 2.35. The fourth-order valence-corrected chi connectivity index (χ4v) is 2.26. The zero-order chi connectivity index (χ0) is 7.84. The van der Waals surface area contributed by atoms with Gasteiger partial charge in [0.2, 0.25) is 0 Å². The van der Waals surface area contributed by atoms with Crippen molar-refractivity contribution in [1.29, 1.82) is 0 Å². The summed E-state index contributed by atoms with van der Waals surface area (Å²) in [5.41, 5.74) is 7.52. The maximum Gasteiger partial charge on any atom is 0.0178 e. The number of nitrogens with two attached hydrogens (primary N) is 1. The predicted octanol–water partition coefficient (Wildman–Crippen LogP) is 0.943. The lowest BCUT2D eigenvalue weighted by Crippen LogP contribution is -2.32. The van der Waals surface area contributed by atoms with E-state index in [0.29, 0.717) is 12.0 Å². The summed E-state index contributed by atoms with van der Waals surface area (Å²) in [5.74, 6) is 0.675. The first-order valence-corrected chi connectivity index (χ1v) is 4.46. The molecule has 0 spiro atoms. The molecule has 2 unspecified atom stereocenters. The molecule has 0 aromatic carbocycles. The van der Waals surface area contributed by atoms with Gasteiger partial charge in [-0.25, -0.2) is 0 Å². The van der Waals surface area contributed by atoms with Gasteiger partial charge in [0.25, 0.3) is 0 Å². The molecule has 0 amide bonds. The number of hydrogen-bond donors (Lipinski definition) is 1. The van der Waals surface area contributed by atoms with Gasteiger partial charge in [0.05, 0.1) is 0 Å². The van der Waals surface area contributed by atoms with Gasteiger partial charge in [-0.1, -0.05) is 6.08 Å². The number of allylic oxidation sites excluding steroid dienone is 1. The standard InChI is InChI=1S/C9H16N2/c1-11-6-5-7-8(10)3-2-4-9(7)11/h4,7-8H,2-3,5-6,10H2,1H3. The second-order valence-corrected chi connectivity index (χ2v) is 3.69. The van der Waals surface area contributed by atoms with Crippen molar-refractivity contribution in [3.05, 3.63) is 11.8 Å². The molecule has 2 nitrogen and oxygen atoms in total. The van der Waals surface area contributed by atoms with Crippen LogP contribution in [0.15, 0.2) is 11.8 Å². The molecule has 2 N–H and O–H groups in total. The highest BCUT2D eigenvalue weighted by atomic mass is 15.1. The first-order chi connectivity index (χ1) is 5.29. The van der Waals surface area contributed by atoms with Gasteiger partial charge < -0.3 is 10.6 Å².